The molecule has 5 heteroatoms. The predicted octanol–water partition coefficient (Wildman–Crippen LogP) is 4.26. The summed E-state index contributed by atoms with van der Waals surface area (Å²) in [6.45, 7) is 3.23. The third kappa shape index (κ3) is 4.40. The van der Waals surface area contributed by atoms with Gasteiger partial charge in [0.15, 0.2) is 5.69 Å². The number of rotatable bonds is 8. The lowest BCUT2D eigenvalue weighted by Gasteiger charge is -2.13. The van der Waals surface area contributed by atoms with Crippen LogP contribution in [0.3, 0.4) is 0 Å². The molecule has 1 aliphatic carbocycles. The Balaban J connectivity index is 1.31. The van der Waals surface area contributed by atoms with Crippen molar-refractivity contribution in [1.82, 2.24) is 15.1 Å². The maximum Gasteiger partial charge on any atom is 0.272 e. The van der Waals surface area contributed by atoms with Gasteiger partial charge in [-0.25, -0.2) is 4.68 Å². The molecule has 0 radical (unpaired) electrons. The van der Waals surface area contributed by atoms with E-state index in [2.05, 4.69) is 22.5 Å². The van der Waals surface area contributed by atoms with E-state index in [4.69, 9.17) is 4.74 Å². The monoisotopic (exact) mass is 389 g/mol. The molecule has 0 saturated carbocycles. The Bertz CT molecular complexity index is 951. The molecule has 1 aliphatic rings. The van der Waals surface area contributed by atoms with Crippen molar-refractivity contribution in [3.8, 4) is 5.69 Å². The summed E-state index contributed by atoms with van der Waals surface area (Å²) in [5.41, 5.74) is 5.01. The number of carbonyl (C=O) groups excluding carboxylic acids is 1. The second-order valence-electron chi connectivity index (χ2n) is 7.41. The Labute approximate surface area is 171 Å². The molecule has 2 aromatic carbocycles. The van der Waals surface area contributed by atoms with E-state index in [0.717, 1.165) is 36.9 Å². The summed E-state index contributed by atoms with van der Waals surface area (Å²) in [6.07, 6.45) is 3.78. The third-order valence-corrected chi connectivity index (χ3v) is 5.39. The highest BCUT2D eigenvalue weighted by Crippen LogP contribution is 2.27. The molecule has 0 saturated heterocycles. The lowest BCUT2D eigenvalue weighted by Crippen LogP contribution is -2.26. The van der Waals surface area contributed by atoms with E-state index in [0.29, 0.717) is 18.8 Å². The number of para-hydroxylation sites is 1. The molecule has 4 rings (SSSR count). The van der Waals surface area contributed by atoms with E-state index < -0.39 is 0 Å². The van der Waals surface area contributed by atoms with Crippen LogP contribution in [-0.2, 0) is 17.6 Å². The van der Waals surface area contributed by atoms with Gasteiger partial charge in [-0.2, -0.15) is 5.10 Å². The van der Waals surface area contributed by atoms with Gasteiger partial charge in [0, 0.05) is 24.4 Å². The maximum absolute atomic E-state index is 12.7. The molecule has 0 aliphatic heterocycles. The molecule has 0 spiro atoms. The van der Waals surface area contributed by atoms with Crippen molar-refractivity contribution in [2.45, 2.75) is 38.7 Å². The smallest absolute Gasteiger partial charge is 0.272 e. The van der Waals surface area contributed by atoms with Crippen molar-refractivity contribution in [1.29, 1.82) is 0 Å². The summed E-state index contributed by atoms with van der Waals surface area (Å²) in [5.74, 6) is -0.0889. The number of amides is 1. The Kier molecular flexibility index (Phi) is 6.06. The Morgan fingerprint density at radius 1 is 1.10 bits per heavy atom. The highest BCUT2D eigenvalue weighted by molar-refractivity contribution is 5.94. The Morgan fingerprint density at radius 3 is 2.59 bits per heavy atom. The number of hydrogen-bond acceptors (Lipinski definition) is 3. The zero-order valence-corrected chi connectivity index (χ0v) is 16.8. The van der Waals surface area contributed by atoms with Crippen LogP contribution in [0.4, 0.5) is 0 Å². The minimum absolute atomic E-state index is 0.0525. The van der Waals surface area contributed by atoms with Crippen molar-refractivity contribution in [3.05, 3.63) is 83.2 Å². The SMILES string of the molecule is C[C@@H](OCCCNC(=O)c1nn(-c2ccccc2)c2c1CCC2)c1ccccc1. The summed E-state index contributed by atoms with van der Waals surface area (Å²) in [4.78, 5) is 12.7. The molecule has 0 bridgehead atoms. The highest BCUT2D eigenvalue weighted by atomic mass is 16.5. The lowest BCUT2D eigenvalue weighted by atomic mass is 10.1. The fraction of sp³-hybridized carbons (Fsp3) is 0.333. The van der Waals surface area contributed by atoms with Gasteiger partial charge in [-0.15, -0.1) is 0 Å². The van der Waals surface area contributed by atoms with Crippen molar-refractivity contribution in [2.75, 3.05) is 13.2 Å². The van der Waals surface area contributed by atoms with E-state index in [1.165, 1.54) is 11.3 Å². The van der Waals surface area contributed by atoms with E-state index in [9.17, 15) is 4.79 Å². The molecule has 1 aromatic heterocycles. The van der Waals surface area contributed by atoms with Crippen LogP contribution in [-0.4, -0.2) is 28.8 Å². The molecule has 1 N–H and O–H groups in total. The molecule has 5 nitrogen and oxygen atoms in total. The van der Waals surface area contributed by atoms with Crippen LogP contribution in [0.2, 0.25) is 0 Å². The number of nitrogens with zero attached hydrogens (tertiary/aromatic N) is 2. The van der Waals surface area contributed by atoms with Crippen LogP contribution < -0.4 is 5.32 Å². The molecular weight excluding hydrogens is 362 g/mol. The quantitative estimate of drug-likeness (QED) is 0.586. The average Bonchev–Trinajstić information content (AvgIpc) is 3.37. The molecule has 1 amide bonds. The van der Waals surface area contributed by atoms with E-state index in [1.54, 1.807) is 0 Å². The fourth-order valence-corrected chi connectivity index (χ4v) is 3.84. The van der Waals surface area contributed by atoms with E-state index >= 15 is 0 Å². The van der Waals surface area contributed by atoms with Gasteiger partial charge in [0.25, 0.3) is 5.91 Å². The van der Waals surface area contributed by atoms with Gasteiger partial charge in [0.2, 0.25) is 0 Å². The number of hydrogen-bond donors (Lipinski definition) is 1. The first kappa shape index (κ1) is 19.4. The number of ether oxygens (including phenoxy) is 1. The van der Waals surface area contributed by atoms with Gasteiger partial charge in [-0.05, 0) is 50.3 Å². The first-order chi connectivity index (χ1) is 14.2. The van der Waals surface area contributed by atoms with Crippen molar-refractivity contribution in [3.63, 3.8) is 0 Å². The summed E-state index contributed by atoms with van der Waals surface area (Å²) >= 11 is 0. The van der Waals surface area contributed by atoms with E-state index in [1.807, 2.05) is 60.1 Å². The number of nitrogens with one attached hydrogen (secondary N) is 1. The van der Waals surface area contributed by atoms with Gasteiger partial charge in [0.05, 0.1) is 11.8 Å². The third-order valence-electron chi connectivity index (χ3n) is 5.39. The van der Waals surface area contributed by atoms with Gasteiger partial charge in [0.1, 0.15) is 0 Å². The average molecular weight is 389 g/mol. The zero-order chi connectivity index (χ0) is 20.1. The largest absolute Gasteiger partial charge is 0.374 e. The Morgan fingerprint density at radius 2 is 1.83 bits per heavy atom. The van der Waals surface area contributed by atoms with E-state index in [-0.39, 0.29) is 12.0 Å². The first-order valence-electron chi connectivity index (χ1n) is 10.3. The van der Waals surface area contributed by atoms with Crippen molar-refractivity contribution in [2.24, 2.45) is 0 Å². The molecule has 0 unspecified atom stereocenters. The summed E-state index contributed by atoms with van der Waals surface area (Å²) in [6, 6.07) is 20.2. The Hall–Kier alpha value is -2.92. The zero-order valence-electron chi connectivity index (χ0n) is 16.8. The topological polar surface area (TPSA) is 56.1 Å². The number of fused-ring (bicyclic) bond motifs is 1. The minimum atomic E-state index is -0.0889. The van der Waals surface area contributed by atoms with Crippen molar-refractivity contribution < 1.29 is 9.53 Å². The second kappa shape index (κ2) is 9.05. The molecule has 0 fully saturated rings. The summed E-state index contributed by atoms with van der Waals surface area (Å²) in [7, 11) is 0. The molecule has 1 atom stereocenters. The van der Waals surface area contributed by atoms with Crippen LogP contribution >= 0.6 is 0 Å². The second-order valence-corrected chi connectivity index (χ2v) is 7.41. The fourth-order valence-electron chi connectivity index (χ4n) is 3.84. The van der Waals surface area contributed by atoms with Crippen LogP contribution in [0.1, 0.15) is 53.2 Å². The number of benzene rings is 2. The van der Waals surface area contributed by atoms with Gasteiger partial charge in [-0.1, -0.05) is 48.5 Å². The van der Waals surface area contributed by atoms with Crippen LogP contribution in [0.5, 0.6) is 0 Å². The molecule has 29 heavy (non-hydrogen) atoms. The van der Waals surface area contributed by atoms with Gasteiger partial charge < -0.3 is 10.1 Å². The lowest BCUT2D eigenvalue weighted by molar-refractivity contribution is 0.0634. The molecule has 1 heterocycles. The first-order valence-corrected chi connectivity index (χ1v) is 10.3. The van der Waals surface area contributed by atoms with Gasteiger partial charge in [-0.3, -0.25) is 4.79 Å². The summed E-state index contributed by atoms with van der Waals surface area (Å²) in [5, 5.41) is 7.65. The molecule has 3 aromatic rings. The normalized spacial score (nSPS) is 13.8. The minimum Gasteiger partial charge on any atom is -0.374 e. The molecule has 150 valence electrons. The number of aromatic nitrogens is 2. The summed E-state index contributed by atoms with van der Waals surface area (Å²) < 4.78 is 7.81. The number of carbonyl (C=O) groups is 1. The maximum atomic E-state index is 12.7. The standard InChI is InChI=1S/C24H27N3O2/c1-18(19-10-4-2-5-11-19)29-17-9-16-25-24(28)23-21-14-8-15-22(21)27(26-23)20-12-6-3-7-13-20/h2-7,10-13,18H,8-9,14-17H2,1H3,(H,25,28)/t18-/m1/s1. The van der Waals surface area contributed by atoms with Crippen molar-refractivity contribution >= 4 is 5.91 Å². The van der Waals surface area contributed by atoms with Crippen LogP contribution in [0.25, 0.3) is 5.69 Å². The highest BCUT2D eigenvalue weighted by Gasteiger charge is 2.26. The van der Waals surface area contributed by atoms with Crippen LogP contribution in [0.15, 0.2) is 60.7 Å². The predicted molar refractivity (Wildman–Crippen MR) is 113 cm³/mol. The van der Waals surface area contributed by atoms with Crippen LogP contribution in [0, 0.1) is 0 Å². The molecular formula is C24H27N3O2. The van der Waals surface area contributed by atoms with Gasteiger partial charge >= 0.3 is 0 Å².